The highest BCUT2D eigenvalue weighted by molar-refractivity contribution is 7.15. The van der Waals surface area contributed by atoms with Crippen molar-refractivity contribution in [3.8, 4) is 10.6 Å². The molecule has 3 heterocycles. The molecule has 5 nitrogen and oxygen atoms in total. The van der Waals surface area contributed by atoms with Gasteiger partial charge in [-0.25, -0.2) is 4.98 Å². The van der Waals surface area contributed by atoms with E-state index in [2.05, 4.69) is 10.3 Å². The van der Waals surface area contributed by atoms with E-state index < -0.39 is 0 Å². The summed E-state index contributed by atoms with van der Waals surface area (Å²) in [5, 5.41) is 3.87. The van der Waals surface area contributed by atoms with Crippen molar-refractivity contribution >= 4 is 23.2 Å². The van der Waals surface area contributed by atoms with Crippen LogP contribution in [-0.2, 0) is 4.79 Å². The number of hydrogen-bond donors (Lipinski definition) is 1. The fourth-order valence-corrected chi connectivity index (χ4v) is 4.20. The average Bonchev–Trinajstić information content (AvgIpc) is 3.09. The van der Waals surface area contributed by atoms with Crippen LogP contribution in [0.4, 0.5) is 0 Å². The highest BCUT2D eigenvalue weighted by Gasteiger charge is 2.49. The summed E-state index contributed by atoms with van der Waals surface area (Å²) in [6.45, 7) is 3.12. The molecule has 4 rings (SSSR count). The van der Waals surface area contributed by atoms with Crippen LogP contribution in [0.1, 0.15) is 28.2 Å². The molecular formula is C17H17N3O2S. The summed E-state index contributed by atoms with van der Waals surface area (Å²) in [5.41, 5.74) is 1.38. The van der Waals surface area contributed by atoms with Crippen LogP contribution in [0.2, 0.25) is 0 Å². The van der Waals surface area contributed by atoms with Crippen molar-refractivity contribution in [2.45, 2.75) is 25.3 Å². The summed E-state index contributed by atoms with van der Waals surface area (Å²) < 4.78 is 0. The van der Waals surface area contributed by atoms with Crippen LogP contribution in [0.5, 0.6) is 0 Å². The van der Waals surface area contributed by atoms with Gasteiger partial charge in [-0.3, -0.25) is 9.59 Å². The lowest BCUT2D eigenvalue weighted by Crippen LogP contribution is -2.68. The second kappa shape index (κ2) is 5.16. The Balaban J connectivity index is 1.52. The van der Waals surface area contributed by atoms with Crippen LogP contribution in [-0.4, -0.2) is 40.3 Å². The molecule has 0 radical (unpaired) electrons. The summed E-state index contributed by atoms with van der Waals surface area (Å²) >= 11 is 1.54. The summed E-state index contributed by atoms with van der Waals surface area (Å²) in [7, 11) is 0. The third-order valence-electron chi connectivity index (χ3n) is 4.53. The van der Waals surface area contributed by atoms with Crippen LogP contribution >= 0.6 is 11.3 Å². The van der Waals surface area contributed by atoms with E-state index in [1.165, 1.54) is 0 Å². The Labute approximate surface area is 138 Å². The number of benzene rings is 1. The Morgan fingerprint density at radius 2 is 2.04 bits per heavy atom. The number of aryl methyl sites for hydroxylation is 1. The molecule has 118 valence electrons. The van der Waals surface area contributed by atoms with Gasteiger partial charge in [0.15, 0.2) is 0 Å². The van der Waals surface area contributed by atoms with Gasteiger partial charge in [-0.1, -0.05) is 30.3 Å². The van der Waals surface area contributed by atoms with Gasteiger partial charge >= 0.3 is 0 Å². The predicted molar refractivity (Wildman–Crippen MR) is 88.3 cm³/mol. The first kappa shape index (κ1) is 14.4. The van der Waals surface area contributed by atoms with E-state index in [-0.39, 0.29) is 17.4 Å². The van der Waals surface area contributed by atoms with Crippen molar-refractivity contribution in [1.29, 1.82) is 0 Å². The highest BCUT2D eigenvalue weighted by atomic mass is 32.1. The van der Waals surface area contributed by atoms with Crippen molar-refractivity contribution in [3.63, 3.8) is 0 Å². The van der Waals surface area contributed by atoms with Crippen molar-refractivity contribution in [1.82, 2.24) is 15.2 Å². The van der Waals surface area contributed by atoms with Crippen LogP contribution in [0.15, 0.2) is 30.3 Å². The quantitative estimate of drug-likeness (QED) is 0.920. The number of carbonyl (C=O) groups is 2. The molecule has 2 fully saturated rings. The third kappa shape index (κ3) is 2.43. The smallest absolute Gasteiger partial charge is 0.273 e. The van der Waals surface area contributed by atoms with E-state index in [4.69, 9.17) is 0 Å². The maximum absolute atomic E-state index is 12.7. The number of thiazole rings is 1. The van der Waals surface area contributed by atoms with Crippen LogP contribution < -0.4 is 5.32 Å². The lowest BCUT2D eigenvalue weighted by Gasteiger charge is -2.47. The van der Waals surface area contributed by atoms with Crippen molar-refractivity contribution in [2.75, 3.05) is 13.1 Å². The largest absolute Gasteiger partial charge is 0.347 e. The van der Waals surface area contributed by atoms with E-state index in [9.17, 15) is 9.59 Å². The van der Waals surface area contributed by atoms with E-state index in [1.807, 2.05) is 37.3 Å². The molecule has 1 aromatic heterocycles. The minimum Gasteiger partial charge on any atom is -0.347 e. The number of amides is 2. The van der Waals surface area contributed by atoms with E-state index in [1.54, 1.807) is 16.2 Å². The lowest BCUT2D eigenvalue weighted by molar-refractivity contribution is -0.120. The number of carbonyl (C=O) groups excluding carboxylic acids is 2. The monoisotopic (exact) mass is 327 g/mol. The van der Waals surface area contributed by atoms with Gasteiger partial charge in [-0.05, 0) is 13.3 Å². The maximum atomic E-state index is 12.7. The molecular weight excluding hydrogens is 310 g/mol. The summed E-state index contributed by atoms with van der Waals surface area (Å²) in [6, 6.07) is 9.90. The molecule has 23 heavy (non-hydrogen) atoms. The minimum atomic E-state index is -0.182. The number of likely N-dealkylation sites (tertiary alicyclic amines) is 1. The SMILES string of the molecule is Cc1sc(-c2ccccc2)nc1C(=O)N1CC2(CCC(=O)N2)C1. The van der Waals surface area contributed by atoms with Crippen molar-refractivity contribution < 1.29 is 9.59 Å². The lowest BCUT2D eigenvalue weighted by atomic mass is 9.88. The fourth-order valence-electron chi connectivity index (χ4n) is 3.29. The molecule has 0 saturated carbocycles. The molecule has 0 atom stereocenters. The molecule has 1 N–H and O–H groups in total. The number of nitrogens with zero attached hydrogens (tertiary/aromatic N) is 2. The molecule has 2 aliphatic heterocycles. The first-order chi connectivity index (χ1) is 11.1. The maximum Gasteiger partial charge on any atom is 0.273 e. The Bertz CT molecular complexity index is 778. The summed E-state index contributed by atoms with van der Waals surface area (Å²) in [4.78, 5) is 31.3. The zero-order valence-electron chi connectivity index (χ0n) is 12.8. The molecule has 1 spiro atoms. The fraction of sp³-hybridized carbons (Fsp3) is 0.353. The van der Waals surface area contributed by atoms with Crippen molar-refractivity contribution in [3.05, 3.63) is 40.9 Å². The van der Waals surface area contributed by atoms with Crippen LogP contribution in [0.3, 0.4) is 0 Å². The molecule has 1 aromatic carbocycles. The number of rotatable bonds is 2. The zero-order chi connectivity index (χ0) is 16.0. The number of aromatic nitrogens is 1. The topological polar surface area (TPSA) is 62.3 Å². The van der Waals surface area contributed by atoms with Gasteiger partial charge in [-0.15, -0.1) is 11.3 Å². The highest BCUT2D eigenvalue weighted by Crippen LogP contribution is 2.33. The molecule has 2 amide bonds. The first-order valence-corrected chi connectivity index (χ1v) is 8.51. The Morgan fingerprint density at radius 3 is 2.70 bits per heavy atom. The standard InChI is InChI=1S/C17H17N3O2S/c1-11-14(18-15(23-11)12-5-3-2-4-6-12)16(22)20-9-17(10-20)8-7-13(21)19-17/h2-6H,7-10H2,1H3,(H,19,21). The third-order valence-corrected chi connectivity index (χ3v) is 5.55. The van der Waals surface area contributed by atoms with E-state index in [0.29, 0.717) is 25.2 Å². The van der Waals surface area contributed by atoms with Crippen LogP contribution in [0, 0.1) is 6.92 Å². The summed E-state index contributed by atoms with van der Waals surface area (Å²) in [6.07, 6.45) is 1.39. The number of nitrogens with one attached hydrogen (secondary N) is 1. The summed E-state index contributed by atoms with van der Waals surface area (Å²) in [5.74, 6) is 0.0565. The van der Waals surface area contributed by atoms with Gasteiger partial charge in [0.1, 0.15) is 10.7 Å². The zero-order valence-corrected chi connectivity index (χ0v) is 13.7. The normalized spacial score (nSPS) is 18.8. The second-order valence-electron chi connectivity index (χ2n) is 6.28. The Morgan fingerprint density at radius 1 is 1.30 bits per heavy atom. The molecule has 2 aliphatic rings. The van der Waals surface area contributed by atoms with Gasteiger partial charge < -0.3 is 10.2 Å². The van der Waals surface area contributed by atoms with Gasteiger partial charge in [0.2, 0.25) is 5.91 Å². The van der Waals surface area contributed by atoms with Gasteiger partial charge in [0, 0.05) is 30.0 Å². The van der Waals surface area contributed by atoms with Gasteiger partial charge in [0.05, 0.1) is 5.54 Å². The Kier molecular flexibility index (Phi) is 3.23. The predicted octanol–water partition coefficient (Wildman–Crippen LogP) is 2.22. The molecule has 2 aromatic rings. The van der Waals surface area contributed by atoms with Gasteiger partial charge in [0.25, 0.3) is 5.91 Å². The molecule has 0 bridgehead atoms. The molecule has 2 saturated heterocycles. The Hall–Kier alpha value is -2.21. The van der Waals surface area contributed by atoms with E-state index in [0.717, 1.165) is 21.9 Å². The number of hydrogen-bond acceptors (Lipinski definition) is 4. The van der Waals surface area contributed by atoms with Crippen molar-refractivity contribution in [2.24, 2.45) is 0 Å². The second-order valence-corrected chi connectivity index (χ2v) is 7.48. The molecule has 6 heteroatoms. The van der Waals surface area contributed by atoms with E-state index >= 15 is 0 Å². The molecule has 0 unspecified atom stereocenters. The van der Waals surface area contributed by atoms with Crippen LogP contribution in [0.25, 0.3) is 10.6 Å². The minimum absolute atomic E-state index is 0.0345. The molecule has 0 aliphatic carbocycles. The average molecular weight is 327 g/mol. The van der Waals surface area contributed by atoms with Gasteiger partial charge in [-0.2, -0.15) is 0 Å². The first-order valence-electron chi connectivity index (χ1n) is 7.69.